The van der Waals surface area contributed by atoms with Gasteiger partial charge in [0.05, 0.1) is 11.8 Å². The first-order chi connectivity index (χ1) is 8.49. The van der Waals surface area contributed by atoms with E-state index in [0.29, 0.717) is 18.0 Å². The number of hydrogen-bond donors (Lipinski definition) is 3. The van der Waals surface area contributed by atoms with E-state index < -0.39 is 17.9 Å². The molecule has 2 amide bonds. The number of aliphatic hydroxyl groups is 1. The third-order valence-electron chi connectivity index (χ3n) is 2.23. The Kier molecular flexibility index (Phi) is 5.80. The molecule has 0 aliphatic rings. The minimum Gasteiger partial charge on any atom is -0.391 e. The molecule has 1 rings (SSSR count). The van der Waals surface area contributed by atoms with E-state index in [0.717, 1.165) is 0 Å². The molecule has 5 nitrogen and oxygen atoms in total. The molecule has 0 aliphatic carbocycles. The van der Waals surface area contributed by atoms with Crippen molar-refractivity contribution in [3.05, 3.63) is 16.8 Å². The normalized spacial score (nSPS) is 12.2. The number of aliphatic hydroxyl groups excluding tert-OH is 1. The Hall–Kier alpha value is -1.40. The van der Waals surface area contributed by atoms with E-state index in [-0.39, 0.29) is 6.54 Å². The number of carbonyl (C=O) groups excluding carboxylic acids is 2. The lowest BCUT2D eigenvalue weighted by Gasteiger charge is -2.13. The maximum Gasteiger partial charge on any atom is 0.313 e. The van der Waals surface area contributed by atoms with Crippen LogP contribution < -0.4 is 10.6 Å². The van der Waals surface area contributed by atoms with Gasteiger partial charge in [0.2, 0.25) is 0 Å². The van der Waals surface area contributed by atoms with Crippen LogP contribution in [0, 0.1) is 5.92 Å². The molecule has 0 spiro atoms. The van der Waals surface area contributed by atoms with E-state index in [2.05, 4.69) is 10.6 Å². The van der Waals surface area contributed by atoms with E-state index in [9.17, 15) is 14.7 Å². The summed E-state index contributed by atoms with van der Waals surface area (Å²) in [6.45, 7) is 4.05. The maximum absolute atomic E-state index is 11.4. The van der Waals surface area contributed by atoms with Crippen molar-refractivity contribution < 1.29 is 14.7 Å². The first kappa shape index (κ1) is 14.7. The highest BCUT2D eigenvalue weighted by Gasteiger charge is 2.15. The summed E-state index contributed by atoms with van der Waals surface area (Å²) in [7, 11) is 0. The summed E-state index contributed by atoms with van der Waals surface area (Å²) in [6.07, 6.45) is -0.0326. The predicted octanol–water partition coefficient (Wildman–Crippen LogP) is 1.21. The average molecular weight is 270 g/mol. The van der Waals surface area contributed by atoms with Crippen LogP contribution in [0.1, 0.15) is 20.3 Å². The summed E-state index contributed by atoms with van der Waals surface area (Å²) < 4.78 is 0. The lowest BCUT2D eigenvalue weighted by Crippen LogP contribution is -2.39. The van der Waals surface area contributed by atoms with Gasteiger partial charge < -0.3 is 15.7 Å². The van der Waals surface area contributed by atoms with E-state index in [1.807, 2.05) is 13.8 Å². The first-order valence-electron chi connectivity index (χ1n) is 5.78. The predicted molar refractivity (Wildman–Crippen MR) is 71.4 cm³/mol. The zero-order valence-electron chi connectivity index (χ0n) is 10.5. The van der Waals surface area contributed by atoms with Crippen molar-refractivity contribution in [1.82, 2.24) is 5.32 Å². The summed E-state index contributed by atoms with van der Waals surface area (Å²) in [5, 5.41) is 18.0. The topological polar surface area (TPSA) is 78.4 Å². The molecule has 1 unspecified atom stereocenters. The Morgan fingerprint density at radius 3 is 2.67 bits per heavy atom. The summed E-state index contributed by atoms with van der Waals surface area (Å²) >= 11 is 1.43. The number of anilines is 1. The van der Waals surface area contributed by atoms with E-state index in [1.165, 1.54) is 11.3 Å². The van der Waals surface area contributed by atoms with Crippen LogP contribution in [0.25, 0.3) is 0 Å². The number of hydrogen-bond acceptors (Lipinski definition) is 4. The number of amides is 2. The smallest absolute Gasteiger partial charge is 0.313 e. The van der Waals surface area contributed by atoms with Crippen LogP contribution in [0.5, 0.6) is 0 Å². The van der Waals surface area contributed by atoms with Crippen molar-refractivity contribution in [2.75, 3.05) is 11.9 Å². The molecular weight excluding hydrogens is 252 g/mol. The van der Waals surface area contributed by atoms with E-state index in [1.54, 1.807) is 16.8 Å². The van der Waals surface area contributed by atoms with Crippen LogP contribution in [0.4, 0.5) is 5.69 Å². The first-order valence-corrected chi connectivity index (χ1v) is 6.72. The Balaban J connectivity index is 2.30. The molecule has 0 fully saturated rings. The van der Waals surface area contributed by atoms with Gasteiger partial charge in [0.1, 0.15) is 0 Å². The zero-order chi connectivity index (χ0) is 13.5. The molecule has 0 saturated carbocycles. The Morgan fingerprint density at radius 2 is 2.11 bits per heavy atom. The molecule has 0 aliphatic heterocycles. The van der Waals surface area contributed by atoms with Crippen molar-refractivity contribution >= 4 is 28.8 Å². The van der Waals surface area contributed by atoms with Crippen LogP contribution in [0.15, 0.2) is 16.8 Å². The second-order valence-corrected chi connectivity index (χ2v) is 5.24. The number of nitrogens with one attached hydrogen (secondary N) is 2. The molecule has 3 N–H and O–H groups in total. The molecule has 6 heteroatoms. The standard InChI is InChI=1S/C12H18N2O3S/c1-8(2)5-10(15)6-13-11(16)12(17)14-9-3-4-18-7-9/h3-4,7-8,10,15H,5-6H2,1-2H3,(H,13,16)(H,14,17). The van der Waals surface area contributed by atoms with Crippen molar-refractivity contribution in [2.45, 2.75) is 26.4 Å². The van der Waals surface area contributed by atoms with Crippen molar-refractivity contribution in [3.63, 3.8) is 0 Å². The highest BCUT2D eigenvalue weighted by Crippen LogP contribution is 2.11. The summed E-state index contributed by atoms with van der Waals surface area (Å²) in [4.78, 5) is 22.9. The van der Waals surface area contributed by atoms with Gasteiger partial charge in [-0.2, -0.15) is 11.3 Å². The van der Waals surface area contributed by atoms with Gasteiger partial charge in [-0.15, -0.1) is 0 Å². The summed E-state index contributed by atoms with van der Waals surface area (Å²) in [6, 6.07) is 1.71. The van der Waals surface area contributed by atoms with Crippen molar-refractivity contribution in [2.24, 2.45) is 5.92 Å². The average Bonchev–Trinajstić information content (AvgIpc) is 2.77. The minimum atomic E-state index is -0.732. The second-order valence-electron chi connectivity index (χ2n) is 4.46. The quantitative estimate of drug-likeness (QED) is 0.704. The third kappa shape index (κ3) is 5.29. The van der Waals surface area contributed by atoms with Gasteiger partial charge in [-0.25, -0.2) is 0 Å². The molecule has 0 radical (unpaired) electrons. The lowest BCUT2D eigenvalue weighted by molar-refractivity contribution is -0.136. The zero-order valence-corrected chi connectivity index (χ0v) is 11.3. The molecular formula is C12H18N2O3S. The van der Waals surface area contributed by atoms with Gasteiger partial charge >= 0.3 is 11.8 Å². The fourth-order valence-electron chi connectivity index (χ4n) is 1.44. The number of carbonyl (C=O) groups is 2. The fourth-order valence-corrected chi connectivity index (χ4v) is 2.03. The number of rotatable bonds is 5. The van der Waals surface area contributed by atoms with E-state index >= 15 is 0 Å². The Labute approximate surface area is 110 Å². The third-order valence-corrected chi connectivity index (χ3v) is 2.91. The Morgan fingerprint density at radius 1 is 1.39 bits per heavy atom. The maximum atomic E-state index is 11.4. The van der Waals surface area contributed by atoms with Gasteiger partial charge in [-0.3, -0.25) is 9.59 Å². The fraction of sp³-hybridized carbons (Fsp3) is 0.500. The molecule has 0 saturated heterocycles. The molecule has 100 valence electrons. The molecule has 1 heterocycles. The largest absolute Gasteiger partial charge is 0.391 e. The van der Waals surface area contributed by atoms with Gasteiger partial charge in [-0.05, 0) is 23.8 Å². The SMILES string of the molecule is CC(C)CC(O)CNC(=O)C(=O)Nc1ccsc1. The van der Waals surface area contributed by atoms with Gasteiger partial charge in [-0.1, -0.05) is 13.8 Å². The molecule has 1 atom stereocenters. The van der Waals surface area contributed by atoms with E-state index in [4.69, 9.17) is 0 Å². The van der Waals surface area contributed by atoms with Crippen LogP contribution in [0.2, 0.25) is 0 Å². The molecule has 18 heavy (non-hydrogen) atoms. The monoisotopic (exact) mass is 270 g/mol. The van der Waals surface area contributed by atoms with Crippen LogP contribution in [-0.4, -0.2) is 29.6 Å². The Bertz CT molecular complexity index is 390. The van der Waals surface area contributed by atoms with Gasteiger partial charge in [0.15, 0.2) is 0 Å². The van der Waals surface area contributed by atoms with Gasteiger partial charge in [0.25, 0.3) is 0 Å². The highest BCUT2D eigenvalue weighted by molar-refractivity contribution is 7.08. The second kappa shape index (κ2) is 7.13. The summed E-state index contributed by atoms with van der Waals surface area (Å²) in [5.74, 6) is -1.11. The molecule has 0 aromatic carbocycles. The lowest BCUT2D eigenvalue weighted by atomic mass is 10.1. The van der Waals surface area contributed by atoms with Crippen molar-refractivity contribution in [1.29, 1.82) is 0 Å². The molecule has 1 aromatic rings. The summed E-state index contributed by atoms with van der Waals surface area (Å²) in [5.41, 5.74) is 0.600. The molecule has 0 bridgehead atoms. The highest BCUT2D eigenvalue weighted by atomic mass is 32.1. The van der Waals surface area contributed by atoms with Crippen LogP contribution in [-0.2, 0) is 9.59 Å². The van der Waals surface area contributed by atoms with Crippen LogP contribution >= 0.6 is 11.3 Å². The van der Waals surface area contributed by atoms with Gasteiger partial charge in [0, 0.05) is 11.9 Å². The molecule has 1 aromatic heterocycles. The minimum absolute atomic E-state index is 0.0913. The van der Waals surface area contributed by atoms with Crippen molar-refractivity contribution in [3.8, 4) is 0 Å². The number of thiophene rings is 1. The van der Waals surface area contributed by atoms with Crippen LogP contribution in [0.3, 0.4) is 0 Å².